The van der Waals surface area contributed by atoms with Crippen LogP contribution in [0.3, 0.4) is 0 Å². The molecule has 0 atom stereocenters. The summed E-state index contributed by atoms with van der Waals surface area (Å²) in [6, 6.07) is 45.4. The lowest BCUT2D eigenvalue weighted by molar-refractivity contribution is 0.426. The molecule has 2 N–H and O–H groups in total. The van der Waals surface area contributed by atoms with Crippen LogP contribution in [0, 0.1) is 27.7 Å². The van der Waals surface area contributed by atoms with Gasteiger partial charge < -0.3 is 10.0 Å². The van der Waals surface area contributed by atoms with E-state index in [1.807, 2.05) is 12.1 Å². The van der Waals surface area contributed by atoms with Crippen molar-refractivity contribution in [3.05, 3.63) is 172 Å². The molecule has 0 spiro atoms. The third-order valence-electron chi connectivity index (χ3n) is 9.45. The van der Waals surface area contributed by atoms with Gasteiger partial charge in [0.05, 0.1) is 5.41 Å². The van der Waals surface area contributed by atoms with E-state index in [2.05, 4.69) is 143 Å². The standard InChI is InChI=1S/C41H35BO2/c1-26-12-19-32(20-13-26)41(33-21-14-27(2)15-22-33)37-23-18-31(25-36(37)40-38(41)10-7-11-39(40)42(43)44)30-17-16-29(4)35(24-30)34-9-6-5-8-28(34)3/h5-25,43-44H,1-4H3. The molecule has 7 rings (SSSR count). The average molecular weight is 571 g/mol. The lowest BCUT2D eigenvalue weighted by Gasteiger charge is -2.34. The molecule has 3 heteroatoms. The summed E-state index contributed by atoms with van der Waals surface area (Å²) in [5.41, 5.74) is 15.9. The van der Waals surface area contributed by atoms with Crippen molar-refractivity contribution in [2.75, 3.05) is 0 Å². The van der Waals surface area contributed by atoms with Crippen molar-refractivity contribution >= 4 is 12.6 Å². The molecule has 0 radical (unpaired) electrons. The molecule has 2 nitrogen and oxygen atoms in total. The maximum Gasteiger partial charge on any atom is 0.489 e. The minimum Gasteiger partial charge on any atom is -0.423 e. The Kier molecular flexibility index (Phi) is 6.89. The van der Waals surface area contributed by atoms with Gasteiger partial charge in [-0.05, 0) is 112 Å². The fraction of sp³-hybridized carbons (Fsp3) is 0.122. The van der Waals surface area contributed by atoms with Crippen molar-refractivity contribution in [3.8, 4) is 33.4 Å². The van der Waals surface area contributed by atoms with Crippen LogP contribution in [-0.2, 0) is 5.41 Å². The molecule has 6 aromatic carbocycles. The Morgan fingerprint density at radius 2 is 1.05 bits per heavy atom. The zero-order valence-electron chi connectivity index (χ0n) is 25.6. The zero-order chi connectivity index (χ0) is 30.6. The second kappa shape index (κ2) is 10.8. The van der Waals surface area contributed by atoms with E-state index in [1.54, 1.807) is 0 Å². The van der Waals surface area contributed by atoms with Gasteiger partial charge in [0, 0.05) is 0 Å². The topological polar surface area (TPSA) is 40.5 Å². The van der Waals surface area contributed by atoms with Gasteiger partial charge in [-0.25, -0.2) is 0 Å². The molecule has 1 aliphatic carbocycles. The first-order valence-electron chi connectivity index (χ1n) is 15.2. The Bertz CT molecular complexity index is 1980. The van der Waals surface area contributed by atoms with Gasteiger partial charge in [0.15, 0.2) is 0 Å². The van der Waals surface area contributed by atoms with Crippen LogP contribution < -0.4 is 5.46 Å². The van der Waals surface area contributed by atoms with Gasteiger partial charge in [-0.3, -0.25) is 0 Å². The molecule has 0 heterocycles. The van der Waals surface area contributed by atoms with Crippen molar-refractivity contribution in [2.45, 2.75) is 33.1 Å². The summed E-state index contributed by atoms with van der Waals surface area (Å²) in [5.74, 6) is 0. The highest BCUT2D eigenvalue weighted by atomic mass is 16.4. The molecular formula is C41H35BO2. The predicted octanol–water partition coefficient (Wildman–Crippen LogP) is 8.30. The summed E-state index contributed by atoms with van der Waals surface area (Å²) in [7, 11) is -1.60. The molecule has 0 fully saturated rings. The SMILES string of the molecule is Cc1ccc(C2(c3ccc(C)cc3)c3ccc(-c4ccc(C)c(-c5ccccc5C)c4)cc3-c3c(B(O)O)cccc32)cc1. The Labute approximate surface area is 260 Å². The molecule has 0 aliphatic heterocycles. The molecule has 0 aromatic heterocycles. The zero-order valence-corrected chi connectivity index (χ0v) is 25.6. The first kappa shape index (κ1) is 28.1. The van der Waals surface area contributed by atoms with E-state index in [1.165, 1.54) is 33.4 Å². The van der Waals surface area contributed by atoms with E-state index in [4.69, 9.17) is 0 Å². The summed E-state index contributed by atoms with van der Waals surface area (Å²) >= 11 is 0. The minimum absolute atomic E-state index is 0.520. The molecule has 0 bridgehead atoms. The summed E-state index contributed by atoms with van der Waals surface area (Å²) in [4.78, 5) is 0. The largest absolute Gasteiger partial charge is 0.489 e. The van der Waals surface area contributed by atoms with Crippen molar-refractivity contribution in [3.63, 3.8) is 0 Å². The quantitative estimate of drug-likeness (QED) is 0.205. The van der Waals surface area contributed by atoms with Gasteiger partial charge in [0.1, 0.15) is 0 Å². The predicted molar refractivity (Wildman–Crippen MR) is 183 cm³/mol. The summed E-state index contributed by atoms with van der Waals surface area (Å²) in [6.45, 7) is 8.54. The Balaban J connectivity index is 1.53. The second-order valence-corrected chi connectivity index (χ2v) is 12.2. The highest BCUT2D eigenvalue weighted by Gasteiger charge is 2.47. The summed E-state index contributed by atoms with van der Waals surface area (Å²) < 4.78 is 0. The van der Waals surface area contributed by atoms with Crippen LogP contribution in [0.25, 0.3) is 33.4 Å². The van der Waals surface area contributed by atoms with Crippen molar-refractivity contribution < 1.29 is 10.0 Å². The molecule has 6 aromatic rings. The number of hydrogen-bond acceptors (Lipinski definition) is 2. The maximum absolute atomic E-state index is 10.7. The fourth-order valence-corrected chi connectivity index (χ4v) is 7.16. The number of aryl methyl sites for hydroxylation is 4. The van der Waals surface area contributed by atoms with Crippen LogP contribution in [-0.4, -0.2) is 17.2 Å². The van der Waals surface area contributed by atoms with Crippen LogP contribution in [0.5, 0.6) is 0 Å². The van der Waals surface area contributed by atoms with Crippen molar-refractivity contribution in [1.82, 2.24) is 0 Å². The molecule has 44 heavy (non-hydrogen) atoms. The third-order valence-corrected chi connectivity index (χ3v) is 9.45. The summed E-state index contributed by atoms with van der Waals surface area (Å²) in [5, 5.41) is 21.3. The maximum atomic E-state index is 10.7. The Morgan fingerprint density at radius 3 is 1.66 bits per heavy atom. The van der Waals surface area contributed by atoms with Gasteiger partial charge in [-0.2, -0.15) is 0 Å². The van der Waals surface area contributed by atoms with E-state index in [0.717, 1.165) is 44.5 Å². The molecule has 0 saturated heterocycles. The van der Waals surface area contributed by atoms with E-state index >= 15 is 0 Å². The lowest BCUT2D eigenvalue weighted by atomic mass is 9.66. The molecular weight excluding hydrogens is 535 g/mol. The molecule has 1 aliphatic rings. The van der Waals surface area contributed by atoms with E-state index in [9.17, 15) is 10.0 Å². The first-order valence-corrected chi connectivity index (χ1v) is 15.2. The van der Waals surface area contributed by atoms with Crippen molar-refractivity contribution in [2.24, 2.45) is 0 Å². The monoisotopic (exact) mass is 570 g/mol. The van der Waals surface area contributed by atoms with E-state index < -0.39 is 12.5 Å². The normalized spacial score (nSPS) is 13.0. The number of hydrogen-bond donors (Lipinski definition) is 2. The van der Waals surface area contributed by atoms with Gasteiger partial charge in [0.25, 0.3) is 0 Å². The second-order valence-electron chi connectivity index (χ2n) is 12.2. The van der Waals surface area contributed by atoms with Crippen LogP contribution in [0.2, 0.25) is 0 Å². The van der Waals surface area contributed by atoms with Gasteiger partial charge in [0.2, 0.25) is 0 Å². The highest BCUT2D eigenvalue weighted by Crippen LogP contribution is 2.56. The number of benzene rings is 6. The average Bonchev–Trinajstić information content (AvgIpc) is 3.33. The Morgan fingerprint density at radius 1 is 0.477 bits per heavy atom. The van der Waals surface area contributed by atoms with Gasteiger partial charge >= 0.3 is 7.12 Å². The highest BCUT2D eigenvalue weighted by molar-refractivity contribution is 6.60. The minimum atomic E-state index is -1.60. The summed E-state index contributed by atoms with van der Waals surface area (Å²) in [6.07, 6.45) is 0. The van der Waals surface area contributed by atoms with Gasteiger partial charge in [-0.1, -0.05) is 126 Å². The number of rotatable bonds is 5. The van der Waals surface area contributed by atoms with Gasteiger partial charge in [-0.15, -0.1) is 0 Å². The lowest BCUT2D eigenvalue weighted by Crippen LogP contribution is -2.33. The number of fused-ring (bicyclic) bond motifs is 3. The molecule has 0 saturated carbocycles. The molecule has 214 valence electrons. The smallest absolute Gasteiger partial charge is 0.423 e. The van der Waals surface area contributed by atoms with Crippen LogP contribution >= 0.6 is 0 Å². The third kappa shape index (κ3) is 4.35. The Hall–Kier alpha value is -4.70. The van der Waals surface area contributed by atoms with Crippen molar-refractivity contribution in [1.29, 1.82) is 0 Å². The fourth-order valence-electron chi connectivity index (χ4n) is 7.16. The van der Waals surface area contributed by atoms with Crippen LogP contribution in [0.15, 0.2) is 127 Å². The first-order chi connectivity index (χ1) is 21.3. The van der Waals surface area contributed by atoms with E-state index in [0.29, 0.717) is 5.46 Å². The van der Waals surface area contributed by atoms with E-state index in [-0.39, 0.29) is 0 Å². The molecule has 0 unspecified atom stereocenters. The molecule has 0 amide bonds. The van der Waals surface area contributed by atoms with Crippen LogP contribution in [0.1, 0.15) is 44.5 Å². The van der Waals surface area contributed by atoms with Crippen LogP contribution in [0.4, 0.5) is 0 Å².